The molecule has 0 unspecified atom stereocenters. The van der Waals surface area contributed by atoms with E-state index >= 15 is 0 Å². The number of ether oxygens (including phenoxy) is 3. The van der Waals surface area contributed by atoms with Gasteiger partial charge in [0.15, 0.2) is 18.1 Å². The Bertz CT molecular complexity index is 1950. The Balaban J connectivity index is 1.16. The van der Waals surface area contributed by atoms with Crippen molar-refractivity contribution in [2.45, 2.75) is 20.5 Å². The minimum Gasteiger partial charge on any atom is -0.493 e. The molecule has 13 nitrogen and oxygen atoms in total. The Hall–Kier alpha value is -6.08. The standard InChI is InChI=1S/C34H30ClN5O8/c1-21-4-5-22(2)39(21)26-10-12-27(13-11-26)46-19-28-14-15-30(48-28)34(42)38-36-18-23-16-29(40(43)44)33(31(17-23)45-3)47-20-32(41)37-25-8-6-24(35)7-9-25/h4-18H,19-20H2,1-3H3,(H,37,41)(H,38,42)/b36-18+. The first-order chi connectivity index (χ1) is 23.1. The molecule has 5 rings (SSSR count). The number of hydrogen-bond donors (Lipinski definition) is 2. The zero-order valence-electron chi connectivity index (χ0n) is 26.1. The quantitative estimate of drug-likeness (QED) is 0.0803. The number of rotatable bonds is 13. The number of hydrogen-bond acceptors (Lipinski definition) is 9. The SMILES string of the molecule is COc1cc(/C=N/NC(=O)c2ccc(COc3ccc(-n4c(C)ccc4C)cc3)o2)cc([N+](=O)[O-])c1OCC(=O)Nc1ccc(Cl)cc1. The van der Waals surface area contributed by atoms with Crippen LogP contribution in [0.5, 0.6) is 17.2 Å². The van der Waals surface area contributed by atoms with Gasteiger partial charge in [-0.1, -0.05) is 11.6 Å². The number of nitro benzene ring substituents is 1. The number of nitro groups is 1. The van der Waals surface area contributed by atoms with Gasteiger partial charge in [-0.25, -0.2) is 5.43 Å². The Kier molecular flexibility index (Phi) is 10.4. The molecule has 0 spiro atoms. The van der Waals surface area contributed by atoms with Gasteiger partial charge in [-0.15, -0.1) is 0 Å². The molecule has 2 N–H and O–H groups in total. The number of hydrazone groups is 1. The van der Waals surface area contributed by atoms with E-state index in [9.17, 15) is 19.7 Å². The Labute approximate surface area is 279 Å². The molecular weight excluding hydrogens is 642 g/mol. The predicted molar refractivity (Wildman–Crippen MR) is 179 cm³/mol. The molecule has 0 radical (unpaired) electrons. The molecule has 5 aromatic rings. The van der Waals surface area contributed by atoms with Crippen LogP contribution in [0, 0.1) is 24.0 Å². The van der Waals surface area contributed by atoms with Gasteiger partial charge < -0.3 is 28.5 Å². The van der Waals surface area contributed by atoms with Crippen LogP contribution in [-0.4, -0.2) is 41.2 Å². The molecule has 2 heterocycles. The summed E-state index contributed by atoms with van der Waals surface area (Å²) in [5, 5.41) is 18.8. The molecule has 0 saturated carbocycles. The first-order valence-electron chi connectivity index (χ1n) is 14.5. The molecule has 3 aromatic carbocycles. The first kappa shape index (κ1) is 33.3. The van der Waals surface area contributed by atoms with E-state index in [4.69, 9.17) is 30.2 Å². The summed E-state index contributed by atoms with van der Waals surface area (Å²) in [5.74, 6) is -0.421. The van der Waals surface area contributed by atoms with E-state index < -0.39 is 29.0 Å². The molecule has 2 aromatic heterocycles. The summed E-state index contributed by atoms with van der Waals surface area (Å²) >= 11 is 5.85. The van der Waals surface area contributed by atoms with Crippen molar-refractivity contribution in [3.8, 4) is 22.9 Å². The number of nitrogens with one attached hydrogen (secondary N) is 2. The zero-order chi connectivity index (χ0) is 34.2. The summed E-state index contributed by atoms with van der Waals surface area (Å²) in [5.41, 5.74) is 5.83. The fourth-order valence-corrected chi connectivity index (χ4v) is 4.83. The van der Waals surface area contributed by atoms with Crippen LogP contribution in [0.1, 0.15) is 33.3 Å². The van der Waals surface area contributed by atoms with Crippen molar-refractivity contribution < 1.29 is 33.1 Å². The fourth-order valence-electron chi connectivity index (χ4n) is 4.70. The number of carbonyl (C=O) groups is 2. The summed E-state index contributed by atoms with van der Waals surface area (Å²) in [6.07, 6.45) is 1.19. The van der Waals surface area contributed by atoms with Gasteiger partial charge in [0, 0.05) is 39.4 Å². The van der Waals surface area contributed by atoms with Crippen molar-refractivity contribution in [1.82, 2.24) is 9.99 Å². The van der Waals surface area contributed by atoms with Crippen molar-refractivity contribution in [1.29, 1.82) is 0 Å². The van der Waals surface area contributed by atoms with E-state index in [1.54, 1.807) is 30.3 Å². The molecule has 0 saturated heterocycles. The van der Waals surface area contributed by atoms with E-state index in [2.05, 4.69) is 32.5 Å². The maximum Gasteiger partial charge on any atom is 0.315 e. The highest BCUT2D eigenvalue weighted by atomic mass is 35.5. The molecule has 14 heteroatoms. The smallest absolute Gasteiger partial charge is 0.315 e. The number of carbonyl (C=O) groups excluding carboxylic acids is 2. The minimum absolute atomic E-state index is 0.0103. The maximum absolute atomic E-state index is 12.6. The summed E-state index contributed by atoms with van der Waals surface area (Å²) < 4.78 is 24.3. The number of benzene rings is 3. The third kappa shape index (κ3) is 8.19. The third-order valence-corrected chi connectivity index (χ3v) is 7.21. The molecule has 48 heavy (non-hydrogen) atoms. The molecule has 0 atom stereocenters. The van der Waals surface area contributed by atoms with Crippen LogP contribution >= 0.6 is 11.6 Å². The van der Waals surface area contributed by atoms with Crippen LogP contribution in [0.3, 0.4) is 0 Å². The molecule has 2 amide bonds. The number of aryl methyl sites for hydroxylation is 2. The van der Waals surface area contributed by atoms with Gasteiger partial charge in [0.25, 0.3) is 5.91 Å². The van der Waals surface area contributed by atoms with Crippen LogP contribution in [-0.2, 0) is 11.4 Å². The summed E-state index contributed by atoms with van der Waals surface area (Å²) in [6.45, 7) is 3.65. The molecule has 0 aliphatic heterocycles. The zero-order valence-corrected chi connectivity index (χ0v) is 26.8. The number of aromatic nitrogens is 1. The van der Waals surface area contributed by atoms with Crippen molar-refractivity contribution in [3.05, 3.63) is 129 Å². The van der Waals surface area contributed by atoms with Gasteiger partial charge in [-0.2, -0.15) is 5.10 Å². The fraction of sp³-hybridized carbons (Fsp3) is 0.147. The summed E-state index contributed by atoms with van der Waals surface area (Å²) in [6, 6.07) is 23.8. The number of amides is 2. The summed E-state index contributed by atoms with van der Waals surface area (Å²) in [4.78, 5) is 36.1. The number of furan rings is 1. The Morgan fingerprint density at radius 2 is 1.69 bits per heavy atom. The van der Waals surface area contributed by atoms with Gasteiger partial charge in [0.2, 0.25) is 5.75 Å². The van der Waals surface area contributed by atoms with Crippen LogP contribution in [0.15, 0.2) is 94.4 Å². The lowest BCUT2D eigenvalue weighted by Gasteiger charge is -2.12. The number of nitrogens with zero attached hydrogens (tertiary/aromatic N) is 3. The highest BCUT2D eigenvalue weighted by Gasteiger charge is 2.23. The second kappa shape index (κ2) is 15.0. The summed E-state index contributed by atoms with van der Waals surface area (Å²) in [7, 11) is 1.29. The van der Waals surface area contributed by atoms with Gasteiger partial charge >= 0.3 is 11.6 Å². The normalized spacial score (nSPS) is 10.9. The van der Waals surface area contributed by atoms with Crippen LogP contribution < -0.4 is 25.0 Å². The van der Waals surface area contributed by atoms with Crippen LogP contribution in [0.25, 0.3) is 5.69 Å². The minimum atomic E-state index is -0.685. The molecule has 0 fully saturated rings. The lowest BCUT2D eigenvalue weighted by Crippen LogP contribution is -2.20. The number of methoxy groups -OCH3 is 1. The largest absolute Gasteiger partial charge is 0.493 e. The van der Waals surface area contributed by atoms with Crippen molar-refractivity contribution in [3.63, 3.8) is 0 Å². The first-order valence-corrected chi connectivity index (χ1v) is 14.8. The Morgan fingerprint density at radius 3 is 2.35 bits per heavy atom. The third-order valence-electron chi connectivity index (χ3n) is 6.96. The van der Waals surface area contributed by atoms with E-state index in [1.807, 2.05) is 38.1 Å². The average molecular weight is 672 g/mol. The van der Waals surface area contributed by atoms with E-state index in [0.717, 1.165) is 17.1 Å². The number of halogens is 1. The number of anilines is 1. The van der Waals surface area contributed by atoms with Crippen LogP contribution in [0.4, 0.5) is 11.4 Å². The van der Waals surface area contributed by atoms with Crippen molar-refractivity contribution >= 4 is 41.0 Å². The maximum atomic E-state index is 12.6. The highest BCUT2D eigenvalue weighted by molar-refractivity contribution is 6.30. The van der Waals surface area contributed by atoms with E-state index in [0.29, 0.717) is 22.2 Å². The Morgan fingerprint density at radius 1 is 0.979 bits per heavy atom. The monoisotopic (exact) mass is 671 g/mol. The lowest BCUT2D eigenvalue weighted by atomic mass is 10.2. The second-order valence-electron chi connectivity index (χ2n) is 10.4. The predicted octanol–water partition coefficient (Wildman–Crippen LogP) is 6.62. The average Bonchev–Trinajstić information content (AvgIpc) is 3.69. The molecule has 0 aliphatic carbocycles. The van der Waals surface area contributed by atoms with E-state index in [1.165, 1.54) is 31.5 Å². The molecular formula is C34H30ClN5O8. The topological polar surface area (TPSA) is 159 Å². The van der Waals surface area contributed by atoms with Crippen LogP contribution in [0.2, 0.25) is 5.02 Å². The highest BCUT2D eigenvalue weighted by Crippen LogP contribution is 2.38. The van der Waals surface area contributed by atoms with Gasteiger partial charge in [-0.05, 0) is 92.7 Å². The second-order valence-corrected chi connectivity index (χ2v) is 10.8. The van der Waals surface area contributed by atoms with Gasteiger partial charge in [0.05, 0.1) is 18.2 Å². The van der Waals surface area contributed by atoms with E-state index in [-0.39, 0.29) is 29.4 Å². The van der Waals surface area contributed by atoms with Crippen molar-refractivity contribution in [2.75, 3.05) is 19.0 Å². The lowest BCUT2D eigenvalue weighted by molar-refractivity contribution is -0.385. The molecule has 0 aliphatic rings. The van der Waals surface area contributed by atoms with Gasteiger partial charge in [0.1, 0.15) is 18.1 Å². The van der Waals surface area contributed by atoms with Crippen molar-refractivity contribution in [2.24, 2.45) is 5.10 Å². The molecule has 0 bridgehead atoms. The van der Waals surface area contributed by atoms with Gasteiger partial charge in [-0.3, -0.25) is 19.7 Å². The molecule has 246 valence electrons.